The number of benzene rings is 4. The number of nitrogens with one attached hydrogen (secondary N) is 1. The molecule has 0 aliphatic rings. The number of ether oxygens (including phenoxy) is 2. The van der Waals surface area contributed by atoms with E-state index in [4.69, 9.17) is 19.4 Å². The normalized spacial score (nSPS) is 11.0. The lowest BCUT2D eigenvalue weighted by Gasteiger charge is -2.12. The minimum atomic E-state index is -0.246. The van der Waals surface area contributed by atoms with Crippen LogP contribution < -0.4 is 14.8 Å². The van der Waals surface area contributed by atoms with E-state index in [-0.39, 0.29) is 5.91 Å². The molecule has 1 N–H and O–H groups in total. The summed E-state index contributed by atoms with van der Waals surface area (Å²) in [6.45, 7) is 0. The first-order valence-corrected chi connectivity index (χ1v) is 12.9. The van der Waals surface area contributed by atoms with Crippen molar-refractivity contribution in [1.29, 1.82) is 0 Å². The van der Waals surface area contributed by atoms with E-state index in [0.29, 0.717) is 27.9 Å². The minimum absolute atomic E-state index is 0.246. The molecule has 6 aromatic rings. The number of fused-ring (bicyclic) bond motifs is 2. The first-order valence-electron chi connectivity index (χ1n) is 12.0. The Morgan fingerprint density at radius 2 is 1.47 bits per heavy atom. The average molecular weight is 518 g/mol. The zero-order chi connectivity index (χ0) is 26.1. The highest BCUT2D eigenvalue weighted by Crippen LogP contribution is 2.34. The summed E-state index contributed by atoms with van der Waals surface area (Å²) < 4.78 is 10.8. The number of carbonyl (C=O) groups excluding carboxylic acids is 1. The molecule has 2 aromatic heterocycles. The second-order valence-corrected chi connectivity index (χ2v) is 9.55. The summed E-state index contributed by atoms with van der Waals surface area (Å²) in [6.07, 6.45) is 0. The highest BCUT2D eigenvalue weighted by molar-refractivity contribution is 7.14. The van der Waals surface area contributed by atoms with Gasteiger partial charge in [0.1, 0.15) is 0 Å². The molecule has 0 bridgehead atoms. The van der Waals surface area contributed by atoms with Gasteiger partial charge in [0.15, 0.2) is 16.6 Å². The fourth-order valence-corrected chi connectivity index (χ4v) is 5.20. The lowest BCUT2D eigenvalue weighted by Crippen LogP contribution is -2.13. The Kier molecular flexibility index (Phi) is 6.19. The number of pyridine rings is 1. The molecular formula is C31H23N3O3S. The van der Waals surface area contributed by atoms with E-state index in [1.165, 1.54) is 16.7 Å². The van der Waals surface area contributed by atoms with Gasteiger partial charge in [-0.25, -0.2) is 9.97 Å². The summed E-state index contributed by atoms with van der Waals surface area (Å²) in [5.74, 6) is 0.973. The van der Waals surface area contributed by atoms with Crippen molar-refractivity contribution < 1.29 is 14.3 Å². The fraction of sp³-hybridized carbons (Fsp3) is 0.0645. The van der Waals surface area contributed by atoms with Crippen molar-refractivity contribution in [2.24, 2.45) is 0 Å². The van der Waals surface area contributed by atoms with Crippen molar-refractivity contribution in [3.05, 3.63) is 102 Å². The van der Waals surface area contributed by atoms with Crippen molar-refractivity contribution in [2.45, 2.75) is 0 Å². The molecule has 0 saturated heterocycles. The largest absolute Gasteiger partial charge is 0.493 e. The Morgan fingerprint density at radius 3 is 2.32 bits per heavy atom. The van der Waals surface area contributed by atoms with Crippen LogP contribution in [0.3, 0.4) is 0 Å². The van der Waals surface area contributed by atoms with Crippen LogP contribution >= 0.6 is 11.3 Å². The second kappa shape index (κ2) is 9.95. The molecule has 0 unspecified atom stereocenters. The molecule has 0 radical (unpaired) electrons. The van der Waals surface area contributed by atoms with Gasteiger partial charge in [-0.2, -0.15) is 0 Å². The number of nitrogens with zero attached hydrogens (tertiary/aromatic N) is 2. The summed E-state index contributed by atoms with van der Waals surface area (Å²) in [7, 11) is 3.19. The van der Waals surface area contributed by atoms with Crippen LogP contribution in [0.5, 0.6) is 11.5 Å². The smallest absolute Gasteiger partial charge is 0.258 e. The van der Waals surface area contributed by atoms with Crippen molar-refractivity contribution in [2.75, 3.05) is 19.5 Å². The van der Waals surface area contributed by atoms with Crippen molar-refractivity contribution >= 4 is 44.1 Å². The number of amides is 1. The van der Waals surface area contributed by atoms with E-state index < -0.39 is 0 Å². The van der Waals surface area contributed by atoms with E-state index in [2.05, 4.69) is 35.6 Å². The summed E-state index contributed by atoms with van der Waals surface area (Å²) in [6, 6.07) is 29.5. The van der Waals surface area contributed by atoms with E-state index in [1.807, 2.05) is 60.0 Å². The van der Waals surface area contributed by atoms with Gasteiger partial charge in [0.25, 0.3) is 5.91 Å². The molecule has 0 atom stereocenters. The highest BCUT2D eigenvalue weighted by Gasteiger charge is 2.17. The maximum Gasteiger partial charge on any atom is 0.258 e. The number of rotatable bonds is 6. The van der Waals surface area contributed by atoms with Crippen LogP contribution in [0.25, 0.3) is 44.2 Å². The maximum absolute atomic E-state index is 13.5. The first kappa shape index (κ1) is 23.6. The lowest BCUT2D eigenvalue weighted by molar-refractivity contribution is 0.102. The number of thiazole rings is 1. The fourth-order valence-electron chi connectivity index (χ4n) is 4.48. The molecule has 38 heavy (non-hydrogen) atoms. The Bertz CT molecular complexity index is 1810. The van der Waals surface area contributed by atoms with Gasteiger partial charge < -0.3 is 9.47 Å². The van der Waals surface area contributed by atoms with E-state index in [0.717, 1.165) is 33.1 Å². The number of carbonyl (C=O) groups is 1. The van der Waals surface area contributed by atoms with Crippen LogP contribution in [0.4, 0.5) is 5.13 Å². The predicted molar refractivity (Wildman–Crippen MR) is 153 cm³/mol. The monoisotopic (exact) mass is 517 g/mol. The number of hydrogen-bond donors (Lipinski definition) is 1. The molecule has 7 heteroatoms. The molecule has 1 amide bonds. The highest BCUT2D eigenvalue weighted by atomic mass is 32.1. The lowest BCUT2D eigenvalue weighted by atomic mass is 10.0. The standard InChI is InChI=1S/C31H23N3O3S/c1-36-28-14-13-22(16-29(28)37-2)26-17-24(23-9-5-6-10-25(23)32-26)30(35)34-31-33-27(18-38-31)21-12-11-19-7-3-4-8-20(19)15-21/h3-18H,1-2H3,(H,33,34,35). The van der Waals surface area contributed by atoms with Crippen LogP contribution in [0, 0.1) is 0 Å². The molecule has 2 heterocycles. The predicted octanol–water partition coefficient (Wildman–Crippen LogP) is 7.45. The topological polar surface area (TPSA) is 73.3 Å². The van der Waals surface area contributed by atoms with Gasteiger partial charge in [0.05, 0.1) is 36.7 Å². The van der Waals surface area contributed by atoms with Crippen LogP contribution in [-0.4, -0.2) is 30.1 Å². The Labute approximate surface area is 223 Å². The molecule has 4 aromatic carbocycles. The third-order valence-electron chi connectivity index (χ3n) is 6.41. The van der Waals surface area contributed by atoms with Crippen LogP contribution in [0.15, 0.2) is 96.4 Å². The van der Waals surface area contributed by atoms with E-state index in [9.17, 15) is 4.79 Å². The average Bonchev–Trinajstić information content (AvgIpc) is 3.44. The summed E-state index contributed by atoms with van der Waals surface area (Å²) in [5, 5.41) is 8.57. The molecular weight excluding hydrogens is 494 g/mol. The molecule has 6 rings (SSSR count). The molecule has 0 saturated carbocycles. The second-order valence-electron chi connectivity index (χ2n) is 8.70. The van der Waals surface area contributed by atoms with Gasteiger partial charge in [-0.1, -0.05) is 54.6 Å². The number of para-hydroxylation sites is 1. The molecule has 6 nitrogen and oxygen atoms in total. The summed E-state index contributed by atoms with van der Waals surface area (Å²) in [4.78, 5) is 23.0. The Morgan fingerprint density at radius 1 is 0.737 bits per heavy atom. The summed E-state index contributed by atoms with van der Waals surface area (Å²) in [5.41, 5.74) is 4.54. The van der Waals surface area contributed by atoms with E-state index >= 15 is 0 Å². The third kappa shape index (κ3) is 4.44. The quantitative estimate of drug-likeness (QED) is 0.248. The van der Waals surface area contributed by atoms with Crippen LogP contribution in [0.2, 0.25) is 0 Å². The maximum atomic E-state index is 13.5. The number of anilines is 1. The van der Waals surface area contributed by atoms with Crippen LogP contribution in [0.1, 0.15) is 10.4 Å². The number of methoxy groups -OCH3 is 2. The van der Waals surface area contributed by atoms with E-state index in [1.54, 1.807) is 20.3 Å². The molecule has 186 valence electrons. The van der Waals surface area contributed by atoms with Gasteiger partial charge in [0, 0.05) is 21.9 Å². The zero-order valence-corrected chi connectivity index (χ0v) is 21.6. The van der Waals surface area contributed by atoms with Gasteiger partial charge in [0.2, 0.25) is 0 Å². The van der Waals surface area contributed by atoms with Gasteiger partial charge in [-0.15, -0.1) is 11.3 Å². The molecule has 0 aliphatic carbocycles. The Hall–Kier alpha value is -4.75. The molecule has 0 aliphatic heterocycles. The van der Waals surface area contributed by atoms with Gasteiger partial charge in [-0.05, 0) is 47.2 Å². The molecule has 0 fully saturated rings. The minimum Gasteiger partial charge on any atom is -0.493 e. The summed E-state index contributed by atoms with van der Waals surface area (Å²) >= 11 is 1.40. The van der Waals surface area contributed by atoms with Crippen molar-refractivity contribution in [3.8, 4) is 34.0 Å². The van der Waals surface area contributed by atoms with Crippen LogP contribution in [-0.2, 0) is 0 Å². The first-order chi connectivity index (χ1) is 18.6. The number of hydrogen-bond acceptors (Lipinski definition) is 6. The Balaban J connectivity index is 1.34. The van der Waals surface area contributed by atoms with Gasteiger partial charge in [-0.3, -0.25) is 10.1 Å². The zero-order valence-electron chi connectivity index (χ0n) is 20.8. The number of aromatic nitrogens is 2. The third-order valence-corrected chi connectivity index (χ3v) is 7.17. The molecule has 0 spiro atoms. The van der Waals surface area contributed by atoms with Crippen molar-refractivity contribution in [3.63, 3.8) is 0 Å². The van der Waals surface area contributed by atoms with Crippen molar-refractivity contribution in [1.82, 2.24) is 9.97 Å². The SMILES string of the molecule is COc1ccc(-c2cc(C(=O)Nc3nc(-c4ccc5ccccc5c4)cs3)c3ccccc3n2)cc1OC. The van der Waals surface area contributed by atoms with Gasteiger partial charge >= 0.3 is 0 Å².